The molecule has 2 aromatic carbocycles. The quantitative estimate of drug-likeness (QED) is 0.818. The van der Waals surface area contributed by atoms with Crippen LogP contribution in [0.4, 0.5) is 5.69 Å². The Morgan fingerprint density at radius 1 is 1.22 bits per heavy atom. The molecule has 0 heterocycles. The number of aryl methyl sites for hydroxylation is 2. The van der Waals surface area contributed by atoms with Gasteiger partial charge in [0, 0.05) is 16.8 Å². The molecule has 0 aromatic heterocycles. The number of carbonyl (C=O) groups is 1. The van der Waals surface area contributed by atoms with Crippen LogP contribution in [0.2, 0.25) is 5.02 Å². The van der Waals surface area contributed by atoms with E-state index in [-0.39, 0.29) is 18.5 Å². The van der Waals surface area contributed by atoms with E-state index in [1.807, 2.05) is 56.3 Å². The lowest BCUT2D eigenvalue weighted by Crippen LogP contribution is -2.30. The molecule has 2 rings (SSSR count). The second-order valence-electron chi connectivity index (χ2n) is 5.67. The molecule has 23 heavy (non-hydrogen) atoms. The van der Waals surface area contributed by atoms with Gasteiger partial charge in [0.1, 0.15) is 0 Å². The summed E-state index contributed by atoms with van der Waals surface area (Å²) in [7, 11) is 0. The summed E-state index contributed by atoms with van der Waals surface area (Å²) >= 11 is 6.00. The van der Waals surface area contributed by atoms with E-state index in [1.165, 1.54) is 0 Å². The summed E-state index contributed by atoms with van der Waals surface area (Å²) in [4.78, 5) is 12.2. The van der Waals surface area contributed by atoms with E-state index in [0.717, 1.165) is 28.8 Å². The number of halogens is 1. The molecule has 0 saturated carbocycles. The second-order valence-corrected chi connectivity index (χ2v) is 6.10. The molecule has 0 spiro atoms. The number of anilines is 1. The first-order chi connectivity index (χ1) is 11.0. The van der Waals surface area contributed by atoms with E-state index in [9.17, 15) is 4.79 Å². The number of hydrogen-bond acceptors (Lipinski definition) is 2. The predicted molar refractivity (Wildman–Crippen MR) is 97.1 cm³/mol. The van der Waals surface area contributed by atoms with E-state index in [1.54, 1.807) is 0 Å². The summed E-state index contributed by atoms with van der Waals surface area (Å²) in [6, 6.07) is 13.8. The molecule has 3 nitrogen and oxygen atoms in total. The Morgan fingerprint density at radius 2 is 1.96 bits per heavy atom. The third kappa shape index (κ3) is 4.81. The Kier molecular flexibility index (Phi) is 6.20. The molecule has 0 aliphatic rings. The smallest absolute Gasteiger partial charge is 0.238 e. The van der Waals surface area contributed by atoms with Crippen molar-refractivity contribution in [2.45, 2.75) is 33.2 Å². The van der Waals surface area contributed by atoms with Gasteiger partial charge in [0.05, 0.1) is 6.54 Å². The minimum Gasteiger partial charge on any atom is -0.324 e. The Balaban J connectivity index is 1.96. The third-order valence-corrected chi connectivity index (χ3v) is 4.16. The minimum atomic E-state index is -0.0390. The van der Waals surface area contributed by atoms with Crippen molar-refractivity contribution in [3.8, 4) is 0 Å². The van der Waals surface area contributed by atoms with Crippen molar-refractivity contribution >= 4 is 23.2 Å². The zero-order valence-electron chi connectivity index (χ0n) is 13.8. The molecule has 0 unspecified atom stereocenters. The number of para-hydroxylation sites is 1. The molecule has 0 saturated heterocycles. The molecular formula is C19H23ClN2O. The van der Waals surface area contributed by atoms with Crippen molar-refractivity contribution in [1.29, 1.82) is 0 Å². The zero-order valence-corrected chi connectivity index (χ0v) is 14.6. The summed E-state index contributed by atoms with van der Waals surface area (Å²) in [5.74, 6) is -0.0390. The number of carbonyl (C=O) groups excluding carboxylic acids is 1. The van der Waals surface area contributed by atoms with Gasteiger partial charge in [0.2, 0.25) is 5.91 Å². The van der Waals surface area contributed by atoms with Crippen LogP contribution in [0.5, 0.6) is 0 Å². The van der Waals surface area contributed by atoms with Crippen LogP contribution in [0, 0.1) is 6.92 Å². The first-order valence-electron chi connectivity index (χ1n) is 7.88. The molecule has 122 valence electrons. The first-order valence-corrected chi connectivity index (χ1v) is 8.26. The van der Waals surface area contributed by atoms with E-state index in [4.69, 9.17) is 11.6 Å². The molecule has 0 bridgehead atoms. The lowest BCUT2D eigenvalue weighted by Gasteiger charge is -2.16. The monoisotopic (exact) mass is 330 g/mol. The molecule has 0 aliphatic heterocycles. The lowest BCUT2D eigenvalue weighted by atomic mass is 10.1. The van der Waals surface area contributed by atoms with Crippen LogP contribution in [0.1, 0.15) is 36.6 Å². The van der Waals surface area contributed by atoms with Gasteiger partial charge in [0.15, 0.2) is 0 Å². The Morgan fingerprint density at radius 3 is 2.65 bits per heavy atom. The van der Waals surface area contributed by atoms with Gasteiger partial charge in [-0.2, -0.15) is 0 Å². The van der Waals surface area contributed by atoms with Crippen molar-refractivity contribution in [2.24, 2.45) is 0 Å². The van der Waals surface area contributed by atoms with Crippen LogP contribution in [-0.4, -0.2) is 12.5 Å². The number of rotatable bonds is 6. The van der Waals surface area contributed by atoms with Crippen LogP contribution in [0.15, 0.2) is 42.5 Å². The molecule has 1 atom stereocenters. The Labute approximate surface area is 143 Å². The van der Waals surface area contributed by atoms with Crippen LogP contribution in [0.25, 0.3) is 0 Å². The molecule has 0 aliphatic carbocycles. The molecule has 0 radical (unpaired) electrons. The Hall–Kier alpha value is -1.84. The maximum Gasteiger partial charge on any atom is 0.238 e. The summed E-state index contributed by atoms with van der Waals surface area (Å²) in [6.45, 7) is 6.37. The number of hydrogen-bond donors (Lipinski definition) is 2. The van der Waals surface area contributed by atoms with Crippen LogP contribution < -0.4 is 10.6 Å². The average Bonchev–Trinajstić information content (AvgIpc) is 2.54. The van der Waals surface area contributed by atoms with Gasteiger partial charge in [-0.3, -0.25) is 4.79 Å². The highest BCUT2D eigenvalue weighted by Gasteiger charge is 2.11. The fraction of sp³-hybridized carbons (Fsp3) is 0.316. The molecule has 4 heteroatoms. The lowest BCUT2D eigenvalue weighted by molar-refractivity contribution is -0.115. The molecule has 2 aromatic rings. The fourth-order valence-corrected chi connectivity index (χ4v) is 2.72. The van der Waals surface area contributed by atoms with Gasteiger partial charge in [-0.05, 0) is 49.1 Å². The van der Waals surface area contributed by atoms with Crippen LogP contribution >= 0.6 is 11.6 Å². The van der Waals surface area contributed by atoms with E-state index in [2.05, 4.69) is 17.6 Å². The average molecular weight is 331 g/mol. The van der Waals surface area contributed by atoms with E-state index in [0.29, 0.717) is 5.02 Å². The summed E-state index contributed by atoms with van der Waals surface area (Å²) < 4.78 is 0. The van der Waals surface area contributed by atoms with Gasteiger partial charge in [-0.15, -0.1) is 0 Å². The summed E-state index contributed by atoms with van der Waals surface area (Å²) in [5, 5.41) is 6.95. The number of benzene rings is 2. The van der Waals surface area contributed by atoms with Gasteiger partial charge >= 0.3 is 0 Å². The van der Waals surface area contributed by atoms with Crippen molar-refractivity contribution in [2.75, 3.05) is 11.9 Å². The van der Waals surface area contributed by atoms with Crippen molar-refractivity contribution < 1.29 is 4.79 Å². The van der Waals surface area contributed by atoms with Crippen molar-refractivity contribution in [3.63, 3.8) is 0 Å². The molecule has 1 amide bonds. The van der Waals surface area contributed by atoms with Gasteiger partial charge in [0.25, 0.3) is 0 Å². The van der Waals surface area contributed by atoms with Gasteiger partial charge in [-0.1, -0.05) is 48.9 Å². The summed E-state index contributed by atoms with van der Waals surface area (Å²) in [5.41, 5.74) is 4.23. The predicted octanol–water partition coefficient (Wildman–Crippen LogP) is 4.50. The largest absolute Gasteiger partial charge is 0.324 e. The normalized spacial score (nSPS) is 12.0. The van der Waals surface area contributed by atoms with Crippen LogP contribution in [-0.2, 0) is 11.2 Å². The van der Waals surface area contributed by atoms with E-state index >= 15 is 0 Å². The van der Waals surface area contributed by atoms with E-state index < -0.39 is 0 Å². The number of nitrogens with one attached hydrogen (secondary N) is 2. The molecule has 0 fully saturated rings. The first kappa shape index (κ1) is 17.5. The third-order valence-electron chi connectivity index (χ3n) is 3.92. The molecular weight excluding hydrogens is 308 g/mol. The van der Waals surface area contributed by atoms with Crippen molar-refractivity contribution in [1.82, 2.24) is 5.32 Å². The standard InChI is InChI=1S/C19H23ClN2O/c1-4-15-8-5-7-13(2)19(15)22-18(23)12-21-14(3)16-9-6-10-17(20)11-16/h5-11,14,21H,4,12H2,1-3H3,(H,22,23)/t14-/m1/s1. The van der Waals surface area contributed by atoms with Crippen LogP contribution in [0.3, 0.4) is 0 Å². The highest BCUT2D eigenvalue weighted by Crippen LogP contribution is 2.21. The van der Waals surface area contributed by atoms with Gasteiger partial charge in [-0.25, -0.2) is 0 Å². The van der Waals surface area contributed by atoms with Crippen molar-refractivity contribution in [3.05, 3.63) is 64.2 Å². The maximum atomic E-state index is 12.2. The Bertz CT molecular complexity index is 685. The fourth-order valence-electron chi connectivity index (χ4n) is 2.53. The minimum absolute atomic E-state index is 0.0390. The second kappa shape index (κ2) is 8.14. The topological polar surface area (TPSA) is 41.1 Å². The highest BCUT2D eigenvalue weighted by molar-refractivity contribution is 6.30. The zero-order chi connectivity index (χ0) is 16.8. The van der Waals surface area contributed by atoms with Gasteiger partial charge < -0.3 is 10.6 Å². The molecule has 2 N–H and O–H groups in total. The maximum absolute atomic E-state index is 12.2. The SMILES string of the molecule is CCc1cccc(C)c1NC(=O)CN[C@H](C)c1cccc(Cl)c1. The highest BCUT2D eigenvalue weighted by atomic mass is 35.5. The summed E-state index contributed by atoms with van der Waals surface area (Å²) in [6.07, 6.45) is 0.892. The number of amides is 1.